The quantitative estimate of drug-likeness (QED) is 0.371. The normalized spacial score (nSPS) is 18.6. The third-order valence-electron chi connectivity index (χ3n) is 6.71. The predicted molar refractivity (Wildman–Crippen MR) is 145 cm³/mol. The Hall–Kier alpha value is -3.06. The number of allylic oxidation sites excluding steroid dienone is 1. The van der Waals surface area contributed by atoms with E-state index < -0.39 is 46.7 Å². The maximum Gasteiger partial charge on any atom is 0.390 e. The molecule has 2 N–H and O–H groups in total. The zero-order valence-electron chi connectivity index (χ0n) is 22.2. The SMILES string of the molecule is C=C(CCC1=NC(C)(C)[C@H](C(=O)NCCC(F)(F)F)N1)N(Cc1ccc(Cl)cc1)S(=O)(=O)c1ccn(C2CC2)n1. The van der Waals surface area contributed by atoms with Crippen LogP contribution in [0.25, 0.3) is 0 Å². The molecule has 9 nitrogen and oxygen atoms in total. The average Bonchev–Trinajstić information content (AvgIpc) is 3.49. The van der Waals surface area contributed by atoms with Crippen LogP contribution < -0.4 is 10.6 Å². The summed E-state index contributed by atoms with van der Waals surface area (Å²) in [5.74, 6) is -0.158. The van der Waals surface area contributed by atoms with Gasteiger partial charge in [-0.05, 0) is 56.9 Å². The summed E-state index contributed by atoms with van der Waals surface area (Å²) < 4.78 is 67.7. The van der Waals surface area contributed by atoms with Crippen LogP contribution in [0.3, 0.4) is 0 Å². The smallest absolute Gasteiger partial charge is 0.360 e. The molecule has 1 aliphatic heterocycles. The first-order chi connectivity index (χ1) is 18.7. The molecule has 0 saturated heterocycles. The van der Waals surface area contributed by atoms with Gasteiger partial charge < -0.3 is 10.6 Å². The van der Waals surface area contributed by atoms with Crippen LogP contribution >= 0.6 is 11.6 Å². The molecule has 0 spiro atoms. The molecule has 0 bridgehead atoms. The second kappa shape index (κ2) is 11.4. The van der Waals surface area contributed by atoms with Gasteiger partial charge in [0.05, 0.1) is 30.4 Å². The van der Waals surface area contributed by atoms with Crippen LogP contribution in [0.15, 0.2) is 58.8 Å². The molecule has 40 heavy (non-hydrogen) atoms. The van der Waals surface area contributed by atoms with Crippen LogP contribution in [0.2, 0.25) is 5.02 Å². The predicted octanol–water partition coefficient (Wildman–Crippen LogP) is 4.57. The fraction of sp³-hybridized carbons (Fsp3) is 0.500. The number of hydrogen-bond acceptors (Lipinski definition) is 6. The summed E-state index contributed by atoms with van der Waals surface area (Å²) in [6.45, 7) is 6.92. The number of carbonyl (C=O) groups is 1. The van der Waals surface area contributed by atoms with Gasteiger partial charge in [-0.25, -0.2) is 0 Å². The third kappa shape index (κ3) is 7.36. The number of amides is 1. The van der Waals surface area contributed by atoms with E-state index in [-0.39, 0.29) is 36.2 Å². The lowest BCUT2D eigenvalue weighted by Gasteiger charge is -2.26. The zero-order chi connectivity index (χ0) is 29.3. The molecule has 14 heteroatoms. The minimum Gasteiger partial charge on any atom is -0.360 e. The van der Waals surface area contributed by atoms with Crippen LogP contribution in [-0.4, -0.2) is 58.5 Å². The first-order valence-electron chi connectivity index (χ1n) is 12.9. The van der Waals surface area contributed by atoms with E-state index in [2.05, 4.69) is 27.3 Å². The Morgan fingerprint density at radius 1 is 1.25 bits per heavy atom. The number of aliphatic imine (C=N–C) groups is 1. The van der Waals surface area contributed by atoms with Crippen molar-refractivity contribution in [2.24, 2.45) is 4.99 Å². The van der Waals surface area contributed by atoms with Crippen molar-refractivity contribution < 1.29 is 26.4 Å². The summed E-state index contributed by atoms with van der Waals surface area (Å²) in [6.07, 6.45) is -1.52. The number of amidine groups is 1. The molecular weight excluding hydrogens is 569 g/mol. The summed E-state index contributed by atoms with van der Waals surface area (Å²) >= 11 is 6.00. The van der Waals surface area contributed by atoms with Crippen molar-refractivity contribution in [3.8, 4) is 0 Å². The van der Waals surface area contributed by atoms with Crippen molar-refractivity contribution in [1.82, 2.24) is 24.7 Å². The highest BCUT2D eigenvalue weighted by Crippen LogP contribution is 2.35. The molecule has 0 unspecified atom stereocenters. The number of halogens is 4. The zero-order valence-corrected chi connectivity index (χ0v) is 23.8. The van der Waals surface area contributed by atoms with Crippen LogP contribution in [-0.2, 0) is 21.4 Å². The van der Waals surface area contributed by atoms with Crippen LogP contribution in [0.1, 0.15) is 57.6 Å². The first-order valence-corrected chi connectivity index (χ1v) is 14.7. The lowest BCUT2D eigenvalue weighted by Crippen LogP contribution is -2.52. The van der Waals surface area contributed by atoms with Crippen LogP contribution in [0, 0.1) is 0 Å². The fourth-order valence-electron chi connectivity index (χ4n) is 4.36. The Kier molecular flexibility index (Phi) is 8.55. The highest BCUT2D eigenvalue weighted by Gasteiger charge is 2.41. The Morgan fingerprint density at radius 2 is 1.93 bits per heavy atom. The Balaban J connectivity index is 1.45. The highest BCUT2D eigenvalue weighted by molar-refractivity contribution is 7.89. The number of carbonyl (C=O) groups excluding carboxylic acids is 1. The van der Waals surface area contributed by atoms with Crippen molar-refractivity contribution in [1.29, 1.82) is 0 Å². The van der Waals surface area contributed by atoms with Crippen molar-refractivity contribution >= 4 is 33.4 Å². The van der Waals surface area contributed by atoms with E-state index in [1.807, 2.05) is 0 Å². The standard InChI is InChI=1S/C26H32ClF3N6O3S/c1-17(4-11-21-32-23(25(2,3)33-21)24(37)31-14-13-26(28,29)30)36(16-18-5-7-19(27)8-6-18)40(38,39)22-12-15-35(34-22)20-9-10-20/h5-8,12,15,20,23H,1,4,9-11,13-14,16H2,2-3H3,(H,31,37)(H,32,33)/t23-/m0/s1. The lowest BCUT2D eigenvalue weighted by atomic mass is 9.96. The van der Waals surface area contributed by atoms with E-state index in [1.54, 1.807) is 49.0 Å². The van der Waals surface area contributed by atoms with E-state index in [4.69, 9.17) is 11.6 Å². The maximum atomic E-state index is 13.7. The summed E-state index contributed by atoms with van der Waals surface area (Å²) in [6, 6.07) is 7.62. The first kappa shape index (κ1) is 29.9. The van der Waals surface area contributed by atoms with E-state index in [1.165, 1.54) is 10.4 Å². The molecule has 1 atom stereocenters. The number of sulfonamides is 1. The van der Waals surface area contributed by atoms with Gasteiger partial charge in [0.15, 0.2) is 5.03 Å². The number of hydrogen-bond donors (Lipinski definition) is 2. The number of rotatable bonds is 12. The molecule has 0 radical (unpaired) electrons. The Bertz CT molecular complexity index is 1390. The number of benzene rings is 1. The second-order valence-electron chi connectivity index (χ2n) is 10.5. The summed E-state index contributed by atoms with van der Waals surface area (Å²) in [5, 5.41) is 10.0. The Morgan fingerprint density at radius 3 is 2.55 bits per heavy atom. The molecule has 2 aliphatic rings. The minimum atomic E-state index is -4.37. The monoisotopic (exact) mass is 600 g/mol. The molecule has 1 amide bonds. The molecule has 1 saturated carbocycles. The minimum absolute atomic E-state index is 0.00422. The molecule has 2 heterocycles. The molecule has 1 aromatic carbocycles. The van der Waals surface area contributed by atoms with Crippen molar-refractivity contribution in [3.05, 3.63) is 59.4 Å². The number of alkyl halides is 3. The van der Waals surface area contributed by atoms with E-state index in [0.29, 0.717) is 16.4 Å². The van der Waals surface area contributed by atoms with Gasteiger partial charge in [0.1, 0.15) is 6.04 Å². The topological polar surface area (TPSA) is 109 Å². The van der Waals surface area contributed by atoms with Gasteiger partial charge in [0, 0.05) is 29.9 Å². The van der Waals surface area contributed by atoms with Gasteiger partial charge in [-0.15, -0.1) is 0 Å². The Labute approximate surface area is 236 Å². The maximum absolute atomic E-state index is 13.7. The van der Waals surface area contributed by atoms with Gasteiger partial charge in [-0.1, -0.05) is 30.3 Å². The third-order valence-corrected chi connectivity index (χ3v) is 8.68. The number of aromatic nitrogens is 2. The lowest BCUT2D eigenvalue weighted by molar-refractivity contribution is -0.136. The molecule has 1 aromatic heterocycles. The van der Waals surface area contributed by atoms with Crippen molar-refractivity contribution in [3.63, 3.8) is 0 Å². The van der Waals surface area contributed by atoms with Gasteiger partial charge >= 0.3 is 6.18 Å². The van der Waals surface area contributed by atoms with Crippen molar-refractivity contribution in [2.75, 3.05) is 6.54 Å². The number of nitrogens with zero attached hydrogens (tertiary/aromatic N) is 4. The van der Waals surface area contributed by atoms with E-state index >= 15 is 0 Å². The molecule has 1 fully saturated rings. The fourth-order valence-corrected chi connectivity index (χ4v) is 5.89. The second-order valence-corrected chi connectivity index (χ2v) is 12.8. The van der Waals surface area contributed by atoms with Crippen molar-refractivity contribution in [2.45, 2.75) is 81.3 Å². The average molecular weight is 601 g/mol. The van der Waals surface area contributed by atoms with Crippen LogP contribution in [0.5, 0.6) is 0 Å². The molecule has 4 rings (SSSR count). The molecular formula is C26H32ClF3N6O3S. The molecule has 218 valence electrons. The van der Waals surface area contributed by atoms with Gasteiger partial charge in [0.2, 0.25) is 5.91 Å². The summed E-state index contributed by atoms with van der Waals surface area (Å²) in [4.78, 5) is 17.1. The van der Waals surface area contributed by atoms with E-state index in [0.717, 1.165) is 12.8 Å². The number of nitrogens with one attached hydrogen (secondary N) is 2. The highest BCUT2D eigenvalue weighted by atomic mass is 35.5. The molecule has 2 aromatic rings. The van der Waals surface area contributed by atoms with Crippen LogP contribution in [0.4, 0.5) is 13.2 Å². The van der Waals surface area contributed by atoms with E-state index in [9.17, 15) is 26.4 Å². The summed E-state index contributed by atoms with van der Waals surface area (Å²) in [5.41, 5.74) is 0.0732. The van der Waals surface area contributed by atoms with Gasteiger partial charge in [0.25, 0.3) is 10.0 Å². The largest absolute Gasteiger partial charge is 0.390 e. The van der Waals surface area contributed by atoms with Gasteiger partial charge in [-0.3, -0.25) is 18.8 Å². The molecule has 1 aliphatic carbocycles. The summed E-state index contributed by atoms with van der Waals surface area (Å²) in [7, 11) is -4.06. The van der Waals surface area contributed by atoms with Gasteiger partial charge in [-0.2, -0.15) is 26.7 Å².